The van der Waals surface area contributed by atoms with Crippen LogP contribution in [-0.4, -0.2) is 30.4 Å². The molecule has 1 aliphatic heterocycles. The van der Waals surface area contributed by atoms with Gasteiger partial charge in [0.25, 0.3) is 0 Å². The van der Waals surface area contributed by atoms with E-state index in [2.05, 4.69) is 45.5 Å². The maximum absolute atomic E-state index is 12.1. The molecule has 3 nitrogen and oxygen atoms in total. The van der Waals surface area contributed by atoms with Crippen LogP contribution in [0.5, 0.6) is 0 Å². The van der Waals surface area contributed by atoms with Crippen LogP contribution in [0.3, 0.4) is 0 Å². The van der Waals surface area contributed by atoms with Crippen molar-refractivity contribution in [1.82, 2.24) is 4.90 Å². The fraction of sp³-hybridized carbons (Fsp3) is 0.353. The third-order valence-electron chi connectivity index (χ3n) is 3.95. The Bertz CT molecular complexity index is 650. The standard InChI is InChI=1S/C17H19BrN2O/c18-15-6-4-14-11-16(7-5-13(14)10-15)19-12-17(21)20-8-2-1-3-9-20/h4-7,10-11,19H,1-3,8-9,12H2. The monoisotopic (exact) mass is 346 g/mol. The average Bonchev–Trinajstić information content (AvgIpc) is 2.53. The van der Waals surface area contributed by atoms with Crippen LogP contribution >= 0.6 is 15.9 Å². The lowest BCUT2D eigenvalue weighted by atomic mass is 10.1. The van der Waals surface area contributed by atoms with E-state index in [4.69, 9.17) is 0 Å². The Morgan fingerprint density at radius 1 is 1.05 bits per heavy atom. The zero-order valence-electron chi connectivity index (χ0n) is 11.9. The van der Waals surface area contributed by atoms with Crippen LogP contribution in [0.2, 0.25) is 0 Å². The number of hydrogen-bond donors (Lipinski definition) is 1. The maximum Gasteiger partial charge on any atom is 0.241 e. The van der Waals surface area contributed by atoms with Crippen molar-refractivity contribution in [3.63, 3.8) is 0 Å². The summed E-state index contributed by atoms with van der Waals surface area (Å²) in [7, 11) is 0. The minimum absolute atomic E-state index is 0.200. The number of halogens is 1. The molecule has 1 heterocycles. The van der Waals surface area contributed by atoms with Crippen molar-refractivity contribution in [2.75, 3.05) is 25.0 Å². The zero-order valence-corrected chi connectivity index (χ0v) is 13.5. The van der Waals surface area contributed by atoms with Gasteiger partial charge < -0.3 is 10.2 Å². The first-order valence-corrected chi connectivity index (χ1v) is 8.23. The molecular formula is C17H19BrN2O. The molecule has 0 atom stereocenters. The SMILES string of the molecule is O=C(CNc1ccc2cc(Br)ccc2c1)N1CCCCC1. The van der Waals surface area contributed by atoms with Gasteiger partial charge in [0.05, 0.1) is 6.54 Å². The highest BCUT2D eigenvalue weighted by Gasteiger charge is 2.15. The largest absolute Gasteiger partial charge is 0.376 e. The van der Waals surface area contributed by atoms with E-state index >= 15 is 0 Å². The molecule has 0 radical (unpaired) electrons. The van der Waals surface area contributed by atoms with Gasteiger partial charge in [-0.15, -0.1) is 0 Å². The van der Waals surface area contributed by atoms with Gasteiger partial charge >= 0.3 is 0 Å². The summed E-state index contributed by atoms with van der Waals surface area (Å²) in [5, 5.41) is 5.61. The Kier molecular flexibility index (Phi) is 4.44. The molecule has 1 aliphatic rings. The van der Waals surface area contributed by atoms with Gasteiger partial charge in [-0.05, 0) is 54.3 Å². The first-order chi connectivity index (χ1) is 10.2. The van der Waals surface area contributed by atoms with Crippen LogP contribution in [0.15, 0.2) is 40.9 Å². The molecule has 1 amide bonds. The molecule has 0 spiro atoms. The summed E-state index contributed by atoms with van der Waals surface area (Å²) in [5.74, 6) is 0.200. The van der Waals surface area contributed by atoms with Crippen LogP contribution < -0.4 is 5.32 Å². The van der Waals surface area contributed by atoms with Crippen LogP contribution in [0, 0.1) is 0 Å². The number of likely N-dealkylation sites (tertiary alicyclic amines) is 1. The van der Waals surface area contributed by atoms with Crippen molar-refractivity contribution < 1.29 is 4.79 Å². The lowest BCUT2D eigenvalue weighted by molar-refractivity contribution is -0.130. The van der Waals surface area contributed by atoms with Crippen molar-refractivity contribution in [3.8, 4) is 0 Å². The Labute approximate surface area is 133 Å². The number of rotatable bonds is 3. The molecule has 4 heteroatoms. The number of benzene rings is 2. The van der Waals surface area contributed by atoms with Crippen LogP contribution in [0.1, 0.15) is 19.3 Å². The number of anilines is 1. The number of nitrogens with one attached hydrogen (secondary N) is 1. The summed E-state index contributed by atoms with van der Waals surface area (Å²) < 4.78 is 1.08. The summed E-state index contributed by atoms with van der Waals surface area (Å²) in [6.07, 6.45) is 3.52. The minimum atomic E-state index is 0.200. The van der Waals surface area contributed by atoms with Gasteiger partial charge in [-0.3, -0.25) is 4.79 Å². The second-order valence-electron chi connectivity index (χ2n) is 5.50. The van der Waals surface area contributed by atoms with Crippen LogP contribution in [-0.2, 0) is 4.79 Å². The molecule has 0 unspecified atom stereocenters. The Morgan fingerprint density at radius 3 is 2.57 bits per heavy atom. The van der Waals surface area contributed by atoms with E-state index in [0.717, 1.165) is 36.1 Å². The van der Waals surface area contributed by atoms with Gasteiger partial charge in [-0.25, -0.2) is 0 Å². The number of hydrogen-bond acceptors (Lipinski definition) is 2. The number of piperidine rings is 1. The predicted molar refractivity (Wildman–Crippen MR) is 90.6 cm³/mol. The van der Waals surface area contributed by atoms with Crippen molar-refractivity contribution in [3.05, 3.63) is 40.9 Å². The maximum atomic E-state index is 12.1. The van der Waals surface area contributed by atoms with E-state index in [1.165, 1.54) is 17.2 Å². The lowest BCUT2D eigenvalue weighted by Crippen LogP contribution is -2.39. The molecule has 0 bridgehead atoms. The van der Waals surface area contributed by atoms with E-state index in [1.807, 2.05) is 17.0 Å². The molecule has 1 N–H and O–H groups in total. The van der Waals surface area contributed by atoms with Crippen molar-refractivity contribution in [2.45, 2.75) is 19.3 Å². The van der Waals surface area contributed by atoms with Crippen LogP contribution in [0.4, 0.5) is 5.69 Å². The zero-order chi connectivity index (χ0) is 14.7. The third-order valence-corrected chi connectivity index (χ3v) is 4.45. The Morgan fingerprint density at radius 2 is 1.76 bits per heavy atom. The summed E-state index contributed by atoms with van der Waals surface area (Å²) >= 11 is 3.48. The Balaban J connectivity index is 1.64. The molecular weight excluding hydrogens is 328 g/mol. The molecule has 2 aromatic rings. The average molecular weight is 347 g/mol. The minimum Gasteiger partial charge on any atom is -0.376 e. The summed E-state index contributed by atoms with van der Waals surface area (Å²) in [6, 6.07) is 12.4. The summed E-state index contributed by atoms with van der Waals surface area (Å²) in [4.78, 5) is 14.1. The molecule has 2 aromatic carbocycles. The van der Waals surface area contributed by atoms with Gasteiger partial charge in [0.1, 0.15) is 0 Å². The van der Waals surface area contributed by atoms with Crippen molar-refractivity contribution >= 4 is 38.3 Å². The third kappa shape index (κ3) is 3.56. The van der Waals surface area contributed by atoms with Gasteiger partial charge in [0.2, 0.25) is 5.91 Å². The van der Waals surface area contributed by atoms with Gasteiger partial charge in [0.15, 0.2) is 0 Å². The summed E-state index contributed by atoms with van der Waals surface area (Å²) in [5.41, 5.74) is 0.996. The number of nitrogens with zero attached hydrogens (tertiary/aromatic N) is 1. The Hall–Kier alpha value is -1.55. The van der Waals surface area contributed by atoms with Gasteiger partial charge in [0, 0.05) is 23.2 Å². The molecule has 0 saturated carbocycles. The van der Waals surface area contributed by atoms with Gasteiger partial charge in [-0.1, -0.05) is 28.1 Å². The first kappa shape index (κ1) is 14.4. The fourth-order valence-corrected chi connectivity index (χ4v) is 3.14. The smallest absolute Gasteiger partial charge is 0.241 e. The molecule has 21 heavy (non-hydrogen) atoms. The number of carbonyl (C=O) groups is 1. The van der Waals surface area contributed by atoms with Crippen molar-refractivity contribution in [2.24, 2.45) is 0 Å². The quantitative estimate of drug-likeness (QED) is 0.909. The van der Waals surface area contributed by atoms with Crippen molar-refractivity contribution in [1.29, 1.82) is 0 Å². The molecule has 1 fully saturated rings. The molecule has 110 valence electrons. The highest BCUT2D eigenvalue weighted by atomic mass is 79.9. The molecule has 0 aliphatic carbocycles. The first-order valence-electron chi connectivity index (χ1n) is 7.43. The van der Waals surface area contributed by atoms with E-state index in [9.17, 15) is 4.79 Å². The second-order valence-corrected chi connectivity index (χ2v) is 6.42. The number of fused-ring (bicyclic) bond motifs is 1. The van der Waals surface area contributed by atoms with Gasteiger partial charge in [-0.2, -0.15) is 0 Å². The topological polar surface area (TPSA) is 32.3 Å². The number of amides is 1. The molecule has 0 aromatic heterocycles. The van der Waals surface area contributed by atoms with E-state index in [1.54, 1.807) is 0 Å². The fourth-order valence-electron chi connectivity index (χ4n) is 2.76. The normalized spacial score (nSPS) is 15.2. The highest BCUT2D eigenvalue weighted by molar-refractivity contribution is 9.10. The molecule has 3 rings (SSSR count). The van der Waals surface area contributed by atoms with E-state index in [-0.39, 0.29) is 5.91 Å². The van der Waals surface area contributed by atoms with E-state index in [0.29, 0.717) is 6.54 Å². The van der Waals surface area contributed by atoms with Crippen LogP contribution in [0.25, 0.3) is 10.8 Å². The second kappa shape index (κ2) is 6.48. The lowest BCUT2D eigenvalue weighted by Gasteiger charge is -2.26. The predicted octanol–water partition coefficient (Wildman–Crippen LogP) is 4.03. The molecule has 1 saturated heterocycles. The number of carbonyl (C=O) groups excluding carboxylic acids is 1. The summed E-state index contributed by atoms with van der Waals surface area (Å²) in [6.45, 7) is 2.19. The van der Waals surface area contributed by atoms with E-state index < -0.39 is 0 Å². The highest BCUT2D eigenvalue weighted by Crippen LogP contribution is 2.23.